The third-order valence-corrected chi connectivity index (χ3v) is 5.08. The number of benzene rings is 2. The highest BCUT2D eigenvalue weighted by molar-refractivity contribution is 7.98. The average molecular weight is 397 g/mol. The van der Waals surface area contributed by atoms with Gasteiger partial charge in [-0.1, -0.05) is 41.2 Å². The van der Waals surface area contributed by atoms with E-state index in [1.165, 1.54) is 17.8 Å². The normalized spacial score (nSPS) is 11.0. The molecule has 9 heteroatoms. The molecule has 0 saturated heterocycles. The summed E-state index contributed by atoms with van der Waals surface area (Å²) in [5.74, 6) is 2.20. The molecule has 0 bridgehead atoms. The third kappa shape index (κ3) is 3.61. The number of rotatable bonds is 6. The lowest BCUT2D eigenvalue weighted by molar-refractivity contribution is 0.391. The van der Waals surface area contributed by atoms with Crippen molar-refractivity contribution in [2.24, 2.45) is 7.05 Å². The van der Waals surface area contributed by atoms with E-state index in [1.54, 1.807) is 36.9 Å². The summed E-state index contributed by atoms with van der Waals surface area (Å²) >= 11 is 1.38. The average Bonchev–Trinajstić information content (AvgIpc) is 3.34. The van der Waals surface area contributed by atoms with Crippen molar-refractivity contribution < 1.29 is 13.7 Å². The summed E-state index contributed by atoms with van der Waals surface area (Å²) in [6, 6.07) is 13.9. The third-order valence-electron chi connectivity index (χ3n) is 4.07. The van der Waals surface area contributed by atoms with Crippen LogP contribution in [0.2, 0.25) is 0 Å². The minimum absolute atomic E-state index is 0.339. The van der Waals surface area contributed by atoms with E-state index in [4.69, 9.17) is 9.26 Å². The second-order valence-corrected chi connectivity index (χ2v) is 6.82. The SMILES string of the molecule is COc1cccc(-c2noc(CSc3nnc(-c4ccccc4F)n3C)n2)c1. The van der Waals surface area contributed by atoms with Crippen LogP contribution in [-0.4, -0.2) is 32.0 Å². The Hall–Kier alpha value is -3.20. The summed E-state index contributed by atoms with van der Waals surface area (Å²) in [6.07, 6.45) is 0. The maximum Gasteiger partial charge on any atom is 0.237 e. The molecule has 0 aliphatic carbocycles. The summed E-state index contributed by atoms with van der Waals surface area (Å²) < 4.78 is 26.3. The predicted molar refractivity (Wildman–Crippen MR) is 102 cm³/mol. The van der Waals surface area contributed by atoms with Crippen LogP contribution >= 0.6 is 11.8 Å². The van der Waals surface area contributed by atoms with Crippen molar-refractivity contribution in [1.29, 1.82) is 0 Å². The first-order chi connectivity index (χ1) is 13.7. The summed E-state index contributed by atoms with van der Waals surface area (Å²) in [5, 5.41) is 12.9. The lowest BCUT2D eigenvalue weighted by atomic mass is 10.2. The van der Waals surface area contributed by atoms with E-state index < -0.39 is 0 Å². The van der Waals surface area contributed by atoms with E-state index in [0.717, 1.165) is 11.3 Å². The maximum absolute atomic E-state index is 14.0. The molecule has 28 heavy (non-hydrogen) atoms. The molecule has 4 aromatic rings. The Morgan fingerprint density at radius 2 is 2.00 bits per heavy atom. The van der Waals surface area contributed by atoms with Gasteiger partial charge in [-0.15, -0.1) is 10.2 Å². The van der Waals surface area contributed by atoms with Crippen LogP contribution in [0.1, 0.15) is 5.89 Å². The number of hydrogen-bond donors (Lipinski definition) is 0. The largest absolute Gasteiger partial charge is 0.497 e. The first-order valence-electron chi connectivity index (χ1n) is 8.40. The number of hydrogen-bond acceptors (Lipinski definition) is 7. The van der Waals surface area contributed by atoms with Gasteiger partial charge in [0, 0.05) is 12.6 Å². The zero-order valence-corrected chi connectivity index (χ0v) is 16.0. The van der Waals surface area contributed by atoms with Gasteiger partial charge in [-0.05, 0) is 24.3 Å². The van der Waals surface area contributed by atoms with Gasteiger partial charge in [-0.2, -0.15) is 4.98 Å². The fraction of sp³-hybridized carbons (Fsp3) is 0.158. The highest BCUT2D eigenvalue weighted by Gasteiger charge is 2.16. The van der Waals surface area contributed by atoms with Crippen LogP contribution in [-0.2, 0) is 12.8 Å². The Bertz CT molecular complexity index is 1110. The second kappa shape index (κ2) is 7.81. The van der Waals surface area contributed by atoms with Gasteiger partial charge in [0.2, 0.25) is 11.7 Å². The highest BCUT2D eigenvalue weighted by atomic mass is 32.2. The topological polar surface area (TPSA) is 78.9 Å². The number of aromatic nitrogens is 5. The molecule has 0 aliphatic rings. The Morgan fingerprint density at radius 1 is 1.14 bits per heavy atom. The monoisotopic (exact) mass is 397 g/mol. The molecule has 2 heterocycles. The zero-order valence-electron chi connectivity index (χ0n) is 15.2. The van der Waals surface area contributed by atoms with Gasteiger partial charge in [0.05, 0.1) is 18.4 Å². The highest BCUT2D eigenvalue weighted by Crippen LogP contribution is 2.27. The molecule has 0 fully saturated rings. The molecule has 2 aromatic heterocycles. The number of thioether (sulfide) groups is 1. The van der Waals surface area contributed by atoms with Crippen LogP contribution in [0.4, 0.5) is 4.39 Å². The Kier molecular flexibility index (Phi) is 5.07. The fourth-order valence-corrected chi connectivity index (χ4v) is 3.39. The van der Waals surface area contributed by atoms with E-state index in [2.05, 4.69) is 20.3 Å². The number of halogens is 1. The molecule has 0 unspecified atom stereocenters. The molecule has 0 radical (unpaired) electrons. The number of methoxy groups -OCH3 is 1. The quantitative estimate of drug-likeness (QED) is 0.456. The van der Waals surface area contributed by atoms with Crippen molar-refractivity contribution in [3.05, 3.63) is 60.2 Å². The molecule has 0 saturated carbocycles. The van der Waals surface area contributed by atoms with E-state index in [0.29, 0.717) is 34.0 Å². The fourth-order valence-electron chi connectivity index (χ4n) is 2.64. The van der Waals surface area contributed by atoms with Gasteiger partial charge >= 0.3 is 0 Å². The van der Waals surface area contributed by atoms with Gasteiger partial charge in [0.25, 0.3) is 0 Å². The summed E-state index contributed by atoms with van der Waals surface area (Å²) in [6.45, 7) is 0. The number of nitrogens with zero attached hydrogens (tertiary/aromatic N) is 5. The van der Waals surface area contributed by atoms with Crippen molar-refractivity contribution in [3.8, 4) is 28.5 Å². The van der Waals surface area contributed by atoms with E-state index in [1.807, 2.05) is 24.3 Å². The minimum atomic E-state index is -0.339. The molecule has 142 valence electrons. The molecule has 0 atom stereocenters. The summed E-state index contributed by atoms with van der Waals surface area (Å²) in [7, 11) is 3.40. The first-order valence-corrected chi connectivity index (χ1v) is 9.38. The molecule has 0 amide bonds. The lowest BCUT2D eigenvalue weighted by Crippen LogP contribution is -1.96. The van der Waals surface area contributed by atoms with Crippen LogP contribution in [0.25, 0.3) is 22.8 Å². The van der Waals surface area contributed by atoms with Gasteiger partial charge in [-0.3, -0.25) is 0 Å². The van der Waals surface area contributed by atoms with Gasteiger partial charge < -0.3 is 13.8 Å². The van der Waals surface area contributed by atoms with Crippen LogP contribution < -0.4 is 4.74 Å². The summed E-state index contributed by atoms with van der Waals surface area (Å²) in [5.41, 5.74) is 1.21. The van der Waals surface area contributed by atoms with Crippen molar-refractivity contribution >= 4 is 11.8 Å². The molecule has 0 aliphatic heterocycles. The van der Waals surface area contributed by atoms with Crippen molar-refractivity contribution in [2.45, 2.75) is 10.9 Å². The summed E-state index contributed by atoms with van der Waals surface area (Å²) in [4.78, 5) is 4.41. The van der Waals surface area contributed by atoms with Gasteiger partial charge in [0.15, 0.2) is 11.0 Å². The Balaban J connectivity index is 1.49. The molecule has 2 aromatic carbocycles. The van der Waals surface area contributed by atoms with Crippen LogP contribution in [0, 0.1) is 5.82 Å². The zero-order chi connectivity index (χ0) is 19.5. The van der Waals surface area contributed by atoms with Crippen molar-refractivity contribution in [3.63, 3.8) is 0 Å². The van der Waals surface area contributed by atoms with E-state index in [9.17, 15) is 4.39 Å². The molecular formula is C19H16FN5O2S. The maximum atomic E-state index is 14.0. The second-order valence-electron chi connectivity index (χ2n) is 5.88. The van der Waals surface area contributed by atoms with Crippen LogP contribution in [0.5, 0.6) is 5.75 Å². The van der Waals surface area contributed by atoms with Gasteiger partial charge in [-0.25, -0.2) is 4.39 Å². The Morgan fingerprint density at radius 3 is 2.82 bits per heavy atom. The van der Waals surface area contributed by atoms with Crippen molar-refractivity contribution in [1.82, 2.24) is 24.9 Å². The van der Waals surface area contributed by atoms with Gasteiger partial charge in [0.1, 0.15) is 11.6 Å². The number of ether oxygens (including phenoxy) is 1. The van der Waals surface area contributed by atoms with Crippen LogP contribution in [0.15, 0.2) is 58.2 Å². The molecule has 0 spiro atoms. The molecule has 0 N–H and O–H groups in total. The van der Waals surface area contributed by atoms with Crippen molar-refractivity contribution in [2.75, 3.05) is 7.11 Å². The smallest absolute Gasteiger partial charge is 0.237 e. The standard InChI is InChI=1S/C19H16FN5O2S/c1-25-18(14-8-3-4-9-15(14)20)22-23-19(25)28-11-16-21-17(24-27-16)12-6-5-7-13(10-12)26-2/h3-10H,11H2,1-2H3. The minimum Gasteiger partial charge on any atom is -0.497 e. The lowest BCUT2D eigenvalue weighted by Gasteiger charge is -2.03. The van der Waals surface area contributed by atoms with E-state index >= 15 is 0 Å². The molecular weight excluding hydrogens is 381 g/mol. The predicted octanol–water partition coefficient (Wildman–Crippen LogP) is 3.97. The molecule has 4 rings (SSSR count). The molecule has 7 nitrogen and oxygen atoms in total. The van der Waals surface area contributed by atoms with E-state index in [-0.39, 0.29) is 5.82 Å². The van der Waals surface area contributed by atoms with Crippen LogP contribution in [0.3, 0.4) is 0 Å². The first kappa shape index (κ1) is 18.2. The Labute approximate surface area is 164 Å².